The van der Waals surface area contributed by atoms with Gasteiger partial charge in [-0.05, 0) is 6.07 Å². The van der Waals surface area contributed by atoms with Gasteiger partial charge in [0.2, 0.25) is 0 Å². The molecule has 1 unspecified atom stereocenters. The molecular weight excluding hydrogens is 266 g/mol. The summed E-state index contributed by atoms with van der Waals surface area (Å²) >= 11 is 0. The third-order valence-corrected chi connectivity index (χ3v) is 2.51. The van der Waals surface area contributed by atoms with E-state index in [0.717, 1.165) is 0 Å². The third-order valence-electron chi connectivity index (χ3n) is 2.51. The predicted octanol–water partition coefficient (Wildman–Crippen LogP) is -1.96. The minimum Gasteiger partial charge on any atom is -0.394 e. The van der Waals surface area contributed by atoms with Gasteiger partial charge in [-0.2, -0.15) is 0 Å². The second kappa shape index (κ2) is 6.12. The number of aliphatic hydroxyl groups excluding tert-OH is 3. The number of nitrogens with zero attached hydrogens (tertiary/aromatic N) is 1. The van der Waals surface area contributed by atoms with E-state index in [9.17, 15) is 15.0 Å². The summed E-state index contributed by atoms with van der Waals surface area (Å²) in [5, 5.41) is 30.7. The second-order valence-corrected chi connectivity index (χ2v) is 3.69. The van der Waals surface area contributed by atoms with Gasteiger partial charge in [-0.15, -0.1) is 12.4 Å². The van der Waals surface area contributed by atoms with Crippen LogP contribution in [0.4, 0.5) is 5.82 Å². The van der Waals surface area contributed by atoms with Gasteiger partial charge in [0, 0.05) is 6.20 Å². The fourth-order valence-electron chi connectivity index (χ4n) is 1.62. The van der Waals surface area contributed by atoms with Gasteiger partial charge in [-0.25, -0.2) is 9.78 Å². The minimum absolute atomic E-state index is 0. The molecule has 0 saturated carbocycles. The number of hydrogen-bond acceptors (Lipinski definition) is 7. The Bertz CT molecular complexity index is 442. The zero-order valence-corrected chi connectivity index (χ0v) is 10.0. The molecule has 1 aliphatic rings. The van der Waals surface area contributed by atoms with Crippen LogP contribution in [0.1, 0.15) is 0 Å². The highest BCUT2D eigenvalue weighted by Gasteiger charge is 2.42. The Kier molecular flexibility index (Phi) is 5.05. The Balaban J connectivity index is 0.00000162. The molecule has 0 bridgehead atoms. The standard InChI is InChI=1S/C9H13N3O5.ClH/c13-3-4-6(14)7(15)8(17-4)11-5-1-2-10-9(16)12-5;/h1-2,4,6-8,13-15H,3H2,(H2,10,11,12,16);1H/t4-,6-,7+,8?;/m1./s1. The summed E-state index contributed by atoms with van der Waals surface area (Å²) in [4.78, 5) is 16.8. The Morgan fingerprint density at radius 3 is 2.72 bits per heavy atom. The Morgan fingerprint density at radius 2 is 2.17 bits per heavy atom. The first-order valence-electron chi connectivity index (χ1n) is 5.06. The molecule has 4 atom stereocenters. The lowest BCUT2D eigenvalue weighted by molar-refractivity contribution is -0.0154. The van der Waals surface area contributed by atoms with Crippen molar-refractivity contribution in [1.29, 1.82) is 0 Å². The Hall–Kier alpha value is -1.19. The van der Waals surface area contributed by atoms with E-state index in [4.69, 9.17) is 9.84 Å². The maximum atomic E-state index is 10.9. The fourth-order valence-corrected chi connectivity index (χ4v) is 1.62. The first kappa shape index (κ1) is 14.9. The average Bonchev–Trinajstić information content (AvgIpc) is 2.57. The van der Waals surface area contributed by atoms with Gasteiger partial charge in [0.15, 0.2) is 6.23 Å². The van der Waals surface area contributed by atoms with E-state index in [1.807, 2.05) is 0 Å². The van der Waals surface area contributed by atoms with Crippen LogP contribution in [-0.2, 0) is 4.74 Å². The normalized spacial score (nSPS) is 30.8. The largest absolute Gasteiger partial charge is 0.394 e. The molecule has 0 spiro atoms. The summed E-state index contributed by atoms with van der Waals surface area (Å²) < 4.78 is 5.18. The number of hydrogen-bond donors (Lipinski definition) is 5. The van der Waals surface area contributed by atoms with Crippen molar-refractivity contribution in [2.24, 2.45) is 0 Å². The predicted molar refractivity (Wildman–Crippen MR) is 63.5 cm³/mol. The molecule has 8 nitrogen and oxygen atoms in total. The van der Waals surface area contributed by atoms with E-state index in [1.165, 1.54) is 12.3 Å². The maximum Gasteiger partial charge on any atom is 0.346 e. The van der Waals surface area contributed by atoms with Crippen molar-refractivity contribution in [1.82, 2.24) is 9.97 Å². The number of aliphatic hydroxyl groups is 3. The molecule has 0 aliphatic carbocycles. The van der Waals surface area contributed by atoms with Gasteiger partial charge >= 0.3 is 5.69 Å². The molecule has 1 aromatic rings. The highest BCUT2D eigenvalue weighted by molar-refractivity contribution is 5.85. The van der Waals surface area contributed by atoms with Crippen LogP contribution < -0.4 is 11.0 Å². The SMILES string of the molecule is Cl.O=c1nccc(NC2O[C@H](CO)[C@@H](O)[C@@H]2O)[nH]1. The molecule has 0 aromatic carbocycles. The zero-order valence-electron chi connectivity index (χ0n) is 9.18. The number of H-pyrrole nitrogens is 1. The molecule has 2 rings (SSSR count). The lowest BCUT2D eigenvalue weighted by atomic mass is 10.1. The highest BCUT2D eigenvalue weighted by Crippen LogP contribution is 2.21. The van der Waals surface area contributed by atoms with Crippen molar-refractivity contribution >= 4 is 18.2 Å². The Labute approximate surface area is 108 Å². The fraction of sp³-hybridized carbons (Fsp3) is 0.556. The van der Waals surface area contributed by atoms with Gasteiger partial charge in [0.25, 0.3) is 0 Å². The molecule has 1 aromatic heterocycles. The van der Waals surface area contributed by atoms with Crippen LogP contribution >= 0.6 is 12.4 Å². The van der Waals surface area contributed by atoms with Crippen molar-refractivity contribution < 1.29 is 20.1 Å². The number of aromatic amines is 1. The van der Waals surface area contributed by atoms with Crippen LogP contribution in [0.5, 0.6) is 0 Å². The average molecular weight is 280 g/mol. The number of nitrogens with one attached hydrogen (secondary N) is 2. The topological polar surface area (TPSA) is 128 Å². The van der Waals surface area contributed by atoms with Crippen molar-refractivity contribution in [3.8, 4) is 0 Å². The maximum absolute atomic E-state index is 10.9. The van der Waals surface area contributed by atoms with Crippen LogP contribution in [0.15, 0.2) is 17.1 Å². The lowest BCUT2D eigenvalue weighted by Gasteiger charge is -2.16. The number of anilines is 1. The summed E-state index contributed by atoms with van der Waals surface area (Å²) in [7, 11) is 0. The summed E-state index contributed by atoms with van der Waals surface area (Å²) in [6.07, 6.45) is -2.83. The smallest absolute Gasteiger partial charge is 0.346 e. The molecule has 18 heavy (non-hydrogen) atoms. The zero-order chi connectivity index (χ0) is 12.4. The van der Waals surface area contributed by atoms with Crippen molar-refractivity contribution in [2.75, 3.05) is 11.9 Å². The molecule has 1 aliphatic heterocycles. The van der Waals surface area contributed by atoms with Crippen LogP contribution in [0.25, 0.3) is 0 Å². The molecular formula is C9H14ClN3O5. The van der Waals surface area contributed by atoms with Crippen LogP contribution in [0.2, 0.25) is 0 Å². The molecule has 2 heterocycles. The summed E-state index contributed by atoms with van der Waals surface area (Å²) in [5.74, 6) is 0.305. The van der Waals surface area contributed by atoms with E-state index in [2.05, 4.69) is 15.3 Å². The monoisotopic (exact) mass is 279 g/mol. The van der Waals surface area contributed by atoms with Crippen molar-refractivity contribution in [2.45, 2.75) is 24.5 Å². The molecule has 0 amide bonds. The summed E-state index contributed by atoms with van der Waals surface area (Å²) in [5.41, 5.74) is -0.540. The summed E-state index contributed by atoms with van der Waals surface area (Å²) in [6, 6.07) is 1.48. The van der Waals surface area contributed by atoms with E-state index < -0.39 is 36.8 Å². The van der Waals surface area contributed by atoms with Gasteiger partial charge in [-0.1, -0.05) is 0 Å². The number of halogens is 1. The van der Waals surface area contributed by atoms with Gasteiger partial charge in [0.05, 0.1) is 6.61 Å². The van der Waals surface area contributed by atoms with Crippen molar-refractivity contribution in [3.63, 3.8) is 0 Å². The molecule has 5 N–H and O–H groups in total. The first-order chi connectivity index (χ1) is 8.11. The van der Waals surface area contributed by atoms with Gasteiger partial charge in [0.1, 0.15) is 24.1 Å². The van der Waals surface area contributed by atoms with Gasteiger partial charge < -0.3 is 25.4 Å². The third kappa shape index (κ3) is 2.98. The van der Waals surface area contributed by atoms with E-state index in [1.54, 1.807) is 0 Å². The van der Waals surface area contributed by atoms with Crippen LogP contribution in [0.3, 0.4) is 0 Å². The van der Waals surface area contributed by atoms with Crippen LogP contribution in [0, 0.1) is 0 Å². The van der Waals surface area contributed by atoms with E-state index in [0.29, 0.717) is 5.82 Å². The highest BCUT2D eigenvalue weighted by atomic mass is 35.5. The molecule has 9 heteroatoms. The number of aromatic nitrogens is 2. The van der Waals surface area contributed by atoms with Gasteiger partial charge in [-0.3, -0.25) is 4.98 Å². The molecule has 1 saturated heterocycles. The lowest BCUT2D eigenvalue weighted by Crippen LogP contribution is -2.37. The quantitative estimate of drug-likeness (QED) is 0.435. The van der Waals surface area contributed by atoms with E-state index >= 15 is 0 Å². The van der Waals surface area contributed by atoms with Crippen LogP contribution in [-0.4, -0.2) is 56.4 Å². The first-order valence-corrected chi connectivity index (χ1v) is 5.06. The number of ether oxygens (including phenoxy) is 1. The molecule has 1 fully saturated rings. The second-order valence-electron chi connectivity index (χ2n) is 3.69. The van der Waals surface area contributed by atoms with Crippen molar-refractivity contribution in [3.05, 3.63) is 22.7 Å². The molecule has 102 valence electrons. The number of rotatable bonds is 3. The minimum atomic E-state index is -1.19. The Morgan fingerprint density at radius 1 is 1.44 bits per heavy atom. The molecule has 0 radical (unpaired) electrons. The summed E-state index contributed by atoms with van der Waals surface area (Å²) in [6.45, 7) is -0.400. The van der Waals surface area contributed by atoms with E-state index in [-0.39, 0.29) is 12.4 Å².